The first kappa shape index (κ1) is 83.1. The van der Waals surface area contributed by atoms with E-state index in [4.69, 9.17) is 27.9 Å². The highest BCUT2D eigenvalue weighted by Crippen LogP contribution is 2.54. The molecular formula is C104H97B4Br2IO6S3. The molecule has 0 radical (unpaired) electrons. The summed E-state index contributed by atoms with van der Waals surface area (Å²) in [7, 11) is -1.27. The molecule has 4 saturated heterocycles. The zero-order valence-corrected chi connectivity index (χ0v) is 78.8. The van der Waals surface area contributed by atoms with Gasteiger partial charge in [0, 0.05) is 67.6 Å². The quantitative estimate of drug-likeness (QED) is 0.126. The highest BCUT2D eigenvalue weighted by atomic mass is 127. The van der Waals surface area contributed by atoms with Crippen molar-refractivity contribution in [2.24, 2.45) is 10.8 Å². The number of hydrogen-bond acceptors (Lipinski definition) is 9. The lowest BCUT2D eigenvalue weighted by Crippen LogP contribution is -2.41. The van der Waals surface area contributed by atoms with Crippen molar-refractivity contribution in [1.82, 2.24) is 0 Å². The Morgan fingerprint density at radius 1 is 0.275 bits per heavy atom. The predicted molar refractivity (Wildman–Crippen MR) is 539 cm³/mol. The maximum absolute atomic E-state index is 6.24. The summed E-state index contributed by atoms with van der Waals surface area (Å²) < 4.78 is 48.0. The van der Waals surface area contributed by atoms with Gasteiger partial charge in [0.1, 0.15) is 0 Å². The number of fused-ring (bicyclic) bond motifs is 15. The average Bonchev–Trinajstić information content (AvgIpc) is 1.54. The second kappa shape index (κ2) is 31.5. The van der Waals surface area contributed by atoms with Crippen LogP contribution in [-0.2, 0) is 27.9 Å². The smallest absolute Gasteiger partial charge is 0.405 e. The third-order valence-corrected chi connectivity index (χ3v) is 33.1. The maximum Gasteiger partial charge on any atom is 0.494 e. The van der Waals surface area contributed by atoms with Crippen LogP contribution < -0.4 is 10.9 Å². The predicted octanol–water partition coefficient (Wildman–Crippen LogP) is 30.5. The Labute approximate surface area is 748 Å². The molecule has 16 heteroatoms. The molecule has 4 aliphatic heterocycles. The molecule has 6 nitrogen and oxygen atoms in total. The summed E-state index contributed by atoms with van der Waals surface area (Å²) in [5, 5.41) is 23.7. The van der Waals surface area contributed by atoms with E-state index in [9.17, 15) is 0 Å². The fourth-order valence-electron chi connectivity index (χ4n) is 17.6. The molecule has 4 fully saturated rings. The van der Waals surface area contributed by atoms with E-state index in [1.54, 1.807) is 0 Å². The molecular weight excluding hydrogens is 1770 g/mol. The molecule has 600 valence electrons. The lowest BCUT2D eigenvalue weighted by Gasteiger charge is -2.35. The van der Waals surface area contributed by atoms with Crippen molar-refractivity contribution in [2.45, 2.75) is 157 Å². The Morgan fingerprint density at radius 2 is 0.592 bits per heavy atom. The molecule has 0 atom stereocenters. The molecule has 15 aromatic carbocycles. The summed E-state index contributed by atoms with van der Waals surface area (Å²) in [5.41, 5.74) is 6.44. The second-order valence-corrected chi connectivity index (χ2v) is 43.4. The van der Waals surface area contributed by atoms with Crippen LogP contribution >= 0.6 is 88.5 Å². The Balaban J connectivity index is 0.000000107. The number of thiophene rings is 3. The standard InChI is InChI=1S/C34H31BS.C26H15BrS.C22H21BO2S.C12H24B2O4.C10H6BrI/c1-33(2)20-35(21-34(33,3)4)30-14-8-12-26-25(11-7-13-27(26)30)24-15-16-31-28(18-24)29-17-22-9-5-6-10-23(22)19-32(29)36-31;27-24-10-4-8-20-19(7-3-9-21(20)24)18-11-12-25-22(14-18)23-13-16-5-1-2-6-17(16)15-26(23)28-25;1-21(2)22(3,4)25-23(24-21)16-9-10-19-18(13-16)17-11-14-7-5-6-8-15(14)12-20(17)26-19;1-9(2)10(3,4)16-13(15-9)14-17-11(5,6)12(7,8)18-14;11-9-5-1-4-8-7(9)3-2-6-10(8)12/h5-19H,20-21H2,1-4H3;1-15H;5-13H,1-4H3;1-8H3;1-6H. The first-order chi connectivity index (χ1) is 57.1. The van der Waals surface area contributed by atoms with Gasteiger partial charge in [-0.15, -0.1) is 34.0 Å². The minimum atomic E-state index is -0.476. The normalized spacial score (nSPS) is 17.8. The van der Waals surface area contributed by atoms with E-state index in [-0.39, 0.29) is 40.7 Å². The highest BCUT2D eigenvalue weighted by Gasteiger charge is 2.64. The lowest BCUT2D eigenvalue weighted by molar-refractivity contribution is 0.00578. The number of hydrogen-bond donors (Lipinski definition) is 0. The third-order valence-electron chi connectivity index (χ3n) is 27.4. The fourth-order valence-corrected chi connectivity index (χ4v) is 22.7. The van der Waals surface area contributed by atoms with Crippen molar-refractivity contribution in [3.63, 3.8) is 0 Å². The van der Waals surface area contributed by atoms with Crippen LogP contribution in [0.1, 0.15) is 111 Å². The molecule has 120 heavy (non-hydrogen) atoms. The van der Waals surface area contributed by atoms with Gasteiger partial charge in [0.15, 0.2) is 6.71 Å². The fraction of sp³-hybridized carbons (Fsp3) is 0.250. The van der Waals surface area contributed by atoms with E-state index in [0.717, 1.165) is 9.94 Å². The van der Waals surface area contributed by atoms with Gasteiger partial charge in [0.25, 0.3) is 0 Å². The van der Waals surface area contributed by atoms with Gasteiger partial charge in [0.05, 0.1) is 33.6 Å². The van der Waals surface area contributed by atoms with Crippen molar-refractivity contribution in [3.05, 3.63) is 286 Å². The average molecular weight is 1870 g/mol. The van der Waals surface area contributed by atoms with Crippen LogP contribution in [0, 0.1) is 14.4 Å². The van der Waals surface area contributed by atoms with Gasteiger partial charge in [-0.1, -0.05) is 266 Å². The van der Waals surface area contributed by atoms with Gasteiger partial charge >= 0.3 is 21.1 Å². The Hall–Kier alpha value is -7.77. The van der Waals surface area contributed by atoms with Crippen LogP contribution in [0.3, 0.4) is 0 Å². The van der Waals surface area contributed by atoms with Crippen molar-refractivity contribution >= 4 is 252 Å². The van der Waals surface area contributed by atoms with Crippen LogP contribution in [0.5, 0.6) is 0 Å². The minimum Gasteiger partial charge on any atom is -0.405 e. The largest absolute Gasteiger partial charge is 0.494 e. The molecule has 18 aromatic rings. The molecule has 0 bridgehead atoms. The first-order valence-corrected chi connectivity index (χ1v) is 46.9. The molecule has 0 unspecified atom stereocenters. The van der Waals surface area contributed by atoms with Crippen LogP contribution in [0.2, 0.25) is 12.6 Å². The minimum absolute atomic E-state index is 0.320. The molecule has 0 amide bonds. The molecule has 4 aliphatic rings. The molecule has 0 saturated carbocycles. The summed E-state index contributed by atoms with van der Waals surface area (Å²) in [6, 6.07) is 99.8. The van der Waals surface area contributed by atoms with Crippen LogP contribution in [0.25, 0.3) is 147 Å². The molecule has 0 spiro atoms. The van der Waals surface area contributed by atoms with E-state index in [1.165, 1.54) is 174 Å². The van der Waals surface area contributed by atoms with Crippen LogP contribution in [0.15, 0.2) is 282 Å². The molecule has 22 rings (SSSR count). The summed E-state index contributed by atoms with van der Waals surface area (Å²) in [6.45, 7) is 35.0. The molecule has 0 N–H and O–H groups in total. The van der Waals surface area contributed by atoms with E-state index in [1.807, 2.05) is 89.4 Å². The highest BCUT2D eigenvalue weighted by molar-refractivity contribution is 14.1. The number of benzene rings is 15. The monoisotopic (exact) mass is 1870 g/mol. The Morgan fingerprint density at radius 3 is 1.01 bits per heavy atom. The van der Waals surface area contributed by atoms with Crippen molar-refractivity contribution in [3.8, 4) is 22.3 Å². The van der Waals surface area contributed by atoms with Crippen molar-refractivity contribution in [2.75, 3.05) is 0 Å². The van der Waals surface area contributed by atoms with E-state index < -0.39 is 14.0 Å². The van der Waals surface area contributed by atoms with Gasteiger partial charge in [-0.25, -0.2) is 0 Å². The maximum atomic E-state index is 6.24. The van der Waals surface area contributed by atoms with Gasteiger partial charge in [0.2, 0.25) is 0 Å². The Kier molecular flexibility index (Phi) is 21.8. The van der Waals surface area contributed by atoms with Crippen LogP contribution in [-0.4, -0.2) is 61.5 Å². The van der Waals surface area contributed by atoms with Crippen LogP contribution in [0.4, 0.5) is 0 Å². The van der Waals surface area contributed by atoms with Crippen molar-refractivity contribution < 1.29 is 27.9 Å². The van der Waals surface area contributed by atoms with Crippen molar-refractivity contribution in [1.29, 1.82) is 0 Å². The first-order valence-electron chi connectivity index (χ1n) is 41.7. The zero-order chi connectivity index (χ0) is 84.0. The van der Waals surface area contributed by atoms with E-state index in [0.29, 0.717) is 17.5 Å². The third kappa shape index (κ3) is 15.4. The SMILES string of the molecule is Brc1cccc2c(-c3ccc4sc5cc6ccccc6cc5c4c3)cccc12.Brc1cccc2c(I)cccc12.CC1(C)CB(c2cccc3c(-c4ccc5sc6cc7ccccc7cc6c5c4)cccc23)CC1(C)C.CC1(C)OB(B2OC(C)(C)C(C)(C)O2)OC1(C)C.CC1(C)OB(c2ccc3sc4cc5ccccc5cc4c3c2)OC1(C)C. The zero-order valence-electron chi connectivity index (χ0n) is 71.0. The molecule has 0 aliphatic carbocycles. The van der Waals surface area contributed by atoms with Gasteiger partial charge in [-0.2, -0.15) is 0 Å². The summed E-state index contributed by atoms with van der Waals surface area (Å²) in [6.07, 6.45) is 2.51. The number of rotatable bonds is 5. The van der Waals surface area contributed by atoms with E-state index >= 15 is 0 Å². The summed E-state index contributed by atoms with van der Waals surface area (Å²) >= 11 is 15.2. The van der Waals surface area contributed by atoms with E-state index in [2.05, 4.69) is 383 Å². The van der Waals surface area contributed by atoms with Gasteiger partial charge in [-0.05, 0) is 299 Å². The topological polar surface area (TPSA) is 55.4 Å². The van der Waals surface area contributed by atoms with Gasteiger partial charge in [-0.3, -0.25) is 0 Å². The number of halogens is 3. The van der Waals surface area contributed by atoms with Gasteiger partial charge < -0.3 is 27.9 Å². The summed E-state index contributed by atoms with van der Waals surface area (Å²) in [4.78, 5) is 0. The molecule has 3 aromatic heterocycles. The lowest BCUT2D eigenvalue weighted by atomic mass is 9.41. The second-order valence-electron chi connectivity index (χ2n) is 37.2. The Bertz CT molecular complexity index is 6950. The molecule has 7 heterocycles. The summed E-state index contributed by atoms with van der Waals surface area (Å²) in [5.74, 6) is 0.